The Kier molecular flexibility index (Phi) is 9.95. The minimum atomic E-state index is -1.27. The van der Waals surface area contributed by atoms with E-state index in [1.165, 1.54) is 5.56 Å². The topological polar surface area (TPSA) is 179 Å². The molecule has 2 heterocycles. The summed E-state index contributed by atoms with van der Waals surface area (Å²) >= 11 is 0. The third-order valence-electron chi connectivity index (χ3n) is 7.79. The second-order valence-corrected chi connectivity index (χ2v) is 10.8. The molecule has 1 aliphatic carbocycles. The van der Waals surface area contributed by atoms with E-state index in [1.807, 2.05) is 35.9 Å². The average molecular weight is 566 g/mol. The van der Waals surface area contributed by atoms with Crippen molar-refractivity contribution in [1.82, 2.24) is 15.2 Å². The SMILES string of the molecule is CC(OCc1ccc(CCCN)cc1)C(CCC(N)=O)NC(=O)[C@@H]1C=C2C(=O)[C@@H](NC(=O)O)CCn3ccc(c32)C1. The number of carboxylic acid groups (broad SMARTS) is 1. The molecule has 0 bridgehead atoms. The number of nitrogens with one attached hydrogen (secondary N) is 2. The van der Waals surface area contributed by atoms with Crippen molar-refractivity contribution in [2.24, 2.45) is 17.4 Å². The van der Waals surface area contributed by atoms with E-state index in [4.69, 9.17) is 16.2 Å². The van der Waals surface area contributed by atoms with Crippen molar-refractivity contribution >= 4 is 29.3 Å². The van der Waals surface area contributed by atoms with Crippen molar-refractivity contribution in [1.29, 1.82) is 0 Å². The Hall–Kier alpha value is -3.96. The first kappa shape index (κ1) is 30.0. The smallest absolute Gasteiger partial charge is 0.405 e. The minimum Gasteiger partial charge on any atom is -0.465 e. The molecule has 11 heteroatoms. The molecule has 4 rings (SSSR count). The second kappa shape index (κ2) is 13.6. The summed E-state index contributed by atoms with van der Waals surface area (Å²) in [5.41, 5.74) is 15.1. The lowest BCUT2D eigenvalue weighted by Crippen LogP contribution is -2.46. The number of aryl methyl sites for hydroxylation is 2. The third-order valence-corrected chi connectivity index (χ3v) is 7.79. The summed E-state index contributed by atoms with van der Waals surface area (Å²) in [5.74, 6) is -1.77. The first-order chi connectivity index (χ1) is 19.7. The highest BCUT2D eigenvalue weighted by atomic mass is 16.5. The molecule has 0 saturated heterocycles. The average Bonchev–Trinajstić information content (AvgIpc) is 3.31. The number of hydrogen-bond acceptors (Lipinski definition) is 6. The number of benzene rings is 1. The molecule has 1 aliphatic heterocycles. The van der Waals surface area contributed by atoms with Gasteiger partial charge in [0.15, 0.2) is 5.78 Å². The normalized spacial score (nSPS) is 19.4. The molecular weight excluding hydrogens is 526 g/mol. The van der Waals surface area contributed by atoms with Crippen molar-refractivity contribution in [3.8, 4) is 0 Å². The molecule has 41 heavy (non-hydrogen) atoms. The summed E-state index contributed by atoms with van der Waals surface area (Å²) in [6, 6.07) is 8.63. The van der Waals surface area contributed by atoms with Gasteiger partial charge in [-0.15, -0.1) is 0 Å². The molecular formula is C30H39N5O6. The maximum atomic E-state index is 13.5. The molecule has 0 radical (unpaired) electrons. The Balaban J connectivity index is 1.46. The Morgan fingerprint density at radius 3 is 2.59 bits per heavy atom. The van der Waals surface area contributed by atoms with Crippen LogP contribution in [0.5, 0.6) is 0 Å². The lowest BCUT2D eigenvalue weighted by molar-refractivity contribution is -0.126. The monoisotopic (exact) mass is 565 g/mol. The van der Waals surface area contributed by atoms with Crippen LogP contribution in [0, 0.1) is 5.92 Å². The van der Waals surface area contributed by atoms with Crippen LogP contribution in [0.4, 0.5) is 4.79 Å². The molecule has 0 saturated carbocycles. The minimum absolute atomic E-state index is 0.0776. The number of Topliss-reactive ketones (excluding diaryl/α,β-unsaturated/α-hetero) is 1. The summed E-state index contributed by atoms with van der Waals surface area (Å²) in [5, 5.41) is 14.5. The quantitative estimate of drug-likeness (QED) is 0.246. The van der Waals surface area contributed by atoms with E-state index < -0.39 is 36.1 Å². The molecule has 1 aromatic heterocycles. The van der Waals surface area contributed by atoms with Crippen LogP contribution >= 0.6 is 0 Å². The van der Waals surface area contributed by atoms with Gasteiger partial charge in [0.2, 0.25) is 11.8 Å². The third kappa shape index (κ3) is 7.62. The zero-order valence-electron chi connectivity index (χ0n) is 23.3. The number of nitrogens with two attached hydrogens (primary N) is 2. The molecule has 220 valence electrons. The van der Waals surface area contributed by atoms with E-state index in [9.17, 15) is 24.3 Å². The lowest BCUT2D eigenvalue weighted by Gasteiger charge is -2.28. The van der Waals surface area contributed by atoms with Crippen molar-refractivity contribution in [2.75, 3.05) is 6.54 Å². The summed E-state index contributed by atoms with van der Waals surface area (Å²) in [6.45, 7) is 3.31. The van der Waals surface area contributed by atoms with Crippen molar-refractivity contribution < 1.29 is 29.0 Å². The van der Waals surface area contributed by atoms with Crippen LogP contribution in [0.3, 0.4) is 0 Å². The molecule has 3 amide bonds. The zero-order chi connectivity index (χ0) is 29.5. The molecule has 0 spiro atoms. The van der Waals surface area contributed by atoms with Gasteiger partial charge in [0.1, 0.15) is 0 Å². The van der Waals surface area contributed by atoms with Gasteiger partial charge in [-0.25, -0.2) is 4.79 Å². The van der Waals surface area contributed by atoms with Crippen LogP contribution in [0.15, 0.2) is 42.6 Å². The van der Waals surface area contributed by atoms with E-state index in [-0.39, 0.29) is 18.1 Å². The molecule has 0 fully saturated rings. The van der Waals surface area contributed by atoms with Gasteiger partial charge in [-0.2, -0.15) is 0 Å². The van der Waals surface area contributed by atoms with Gasteiger partial charge in [-0.3, -0.25) is 14.4 Å². The van der Waals surface area contributed by atoms with Gasteiger partial charge in [0.05, 0.1) is 36.4 Å². The van der Waals surface area contributed by atoms with Crippen LogP contribution in [0.2, 0.25) is 0 Å². The Bertz CT molecular complexity index is 1300. The highest BCUT2D eigenvalue weighted by Gasteiger charge is 2.36. The summed E-state index contributed by atoms with van der Waals surface area (Å²) in [7, 11) is 0. The maximum absolute atomic E-state index is 13.5. The van der Waals surface area contributed by atoms with Gasteiger partial charge in [0.25, 0.3) is 0 Å². The summed E-state index contributed by atoms with van der Waals surface area (Å²) < 4.78 is 8.04. The summed E-state index contributed by atoms with van der Waals surface area (Å²) in [6.07, 6.45) is 4.75. The second-order valence-electron chi connectivity index (χ2n) is 10.8. The van der Waals surface area contributed by atoms with Crippen LogP contribution in [0.1, 0.15) is 55.0 Å². The van der Waals surface area contributed by atoms with Crippen LogP contribution in [-0.2, 0) is 45.1 Å². The fraction of sp³-hybridized carbons (Fsp3) is 0.467. The Labute approximate surface area is 239 Å². The van der Waals surface area contributed by atoms with Crippen molar-refractivity contribution in [3.05, 3.63) is 65.0 Å². The van der Waals surface area contributed by atoms with Gasteiger partial charge in [-0.1, -0.05) is 30.3 Å². The Morgan fingerprint density at radius 2 is 1.90 bits per heavy atom. The number of rotatable bonds is 13. The number of nitrogens with zero attached hydrogens (tertiary/aromatic N) is 1. The number of ketones is 1. The molecule has 2 unspecified atom stereocenters. The van der Waals surface area contributed by atoms with Crippen LogP contribution in [-0.4, -0.2) is 58.1 Å². The number of carbonyl (C=O) groups excluding carboxylic acids is 3. The summed E-state index contributed by atoms with van der Waals surface area (Å²) in [4.78, 5) is 49.7. The lowest BCUT2D eigenvalue weighted by atomic mass is 9.85. The van der Waals surface area contributed by atoms with Gasteiger partial charge < -0.3 is 36.5 Å². The van der Waals surface area contributed by atoms with E-state index in [2.05, 4.69) is 22.8 Å². The zero-order valence-corrected chi connectivity index (χ0v) is 23.3. The van der Waals surface area contributed by atoms with E-state index >= 15 is 0 Å². The number of carbonyl (C=O) groups is 4. The van der Waals surface area contributed by atoms with Gasteiger partial charge in [0, 0.05) is 24.7 Å². The van der Waals surface area contributed by atoms with E-state index in [0.717, 1.165) is 29.7 Å². The Morgan fingerprint density at radius 1 is 1.17 bits per heavy atom. The molecule has 2 aliphatic rings. The highest BCUT2D eigenvalue weighted by molar-refractivity contribution is 6.24. The number of hydrogen-bond donors (Lipinski definition) is 5. The molecule has 2 aromatic rings. The number of amides is 3. The predicted molar refractivity (Wildman–Crippen MR) is 153 cm³/mol. The van der Waals surface area contributed by atoms with E-state index in [0.29, 0.717) is 44.5 Å². The number of primary amides is 1. The van der Waals surface area contributed by atoms with Gasteiger partial charge in [-0.05, 0) is 68.3 Å². The highest BCUT2D eigenvalue weighted by Crippen LogP contribution is 2.34. The van der Waals surface area contributed by atoms with Crippen LogP contribution in [0.25, 0.3) is 5.57 Å². The first-order valence-electron chi connectivity index (χ1n) is 14.1. The first-order valence-corrected chi connectivity index (χ1v) is 14.1. The van der Waals surface area contributed by atoms with E-state index in [1.54, 1.807) is 6.08 Å². The number of aromatic nitrogens is 1. The maximum Gasteiger partial charge on any atom is 0.405 e. The van der Waals surface area contributed by atoms with Gasteiger partial charge >= 0.3 is 6.09 Å². The largest absolute Gasteiger partial charge is 0.465 e. The van der Waals surface area contributed by atoms with Crippen molar-refractivity contribution in [2.45, 2.75) is 76.8 Å². The molecule has 1 aromatic carbocycles. The molecule has 11 nitrogen and oxygen atoms in total. The fourth-order valence-corrected chi connectivity index (χ4v) is 5.48. The molecule has 4 atom stereocenters. The van der Waals surface area contributed by atoms with Crippen LogP contribution < -0.4 is 22.1 Å². The standard InChI is InChI=1S/C30H39N5O6/c1-18(41-17-20-6-4-19(5-7-20)3-2-12-31)24(8-9-26(32)36)33-29(38)22-15-21-10-13-35-14-11-25(34-30(39)40)28(37)23(16-22)27(21)35/h4-7,10,13,16,18,22,24-25,34H,2-3,8-9,11-12,14-15,17,31H2,1H3,(H2,32,36)(H,33,38)(H,39,40)/t18?,22-,24?,25-/m0/s1. The van der Waals surface area contributed by atoms with Crippen molar-refractivity contribution in [3.63, 3.8) is 0 Å². The predicted octanol–water partition coefficient (Wildman–Crippen LogP) is 1.90. The fourth-order valence-electron chi connectivity index (χ4n) is 5.48. The molecule has 7 N–H and O–H groups in total. The number of ether oxygens (including phenoxy) is 1.